The highest BCUT2D eigenvalue weighted by Crippen LogP contribution is 3.02. The quantitative estimate of drug-likeness (QED) is 0.0540. The number of hydrazine groups is 1. The van der Waals surface area contributed by atoms with Gasteiger partial charge in [0.05, 0.1) is 36.1 Å². The van der Waals surface area contributed by atoms with Gasteiger partial charge in [-0.15, -0.1) is 5.06 Å². The number of hydrogen-bond donors (Lipinski definition) is 10. The molecule has 0 amide bonds. The lowest BCUT2D eigenvalue weighted by atomic mass is 9.91. The number of carboxylic acids is 1. The SMILES string of the molecule is Cc1ncc(C(O)(O)C23OP2(=O)O3)c(CN2CCN(N(CC(=O)O)Cc3c(C(O)(O)C45OP4(=O)O5)cnc(C)c3O)C(c3c(C(O)(O)C45OP4(=O)O5)cnc(C)c3O)CC(=O)O2)c1O. The van der Waals surface area contributed by atoms with E-state index in [0.29, 0.717) is 0 Å². The highest BCUT2D eigenvalue weighted by molar-refractivity contribution is 7.69. The first-order valence-electron chi connectivity index (χ1n) is 18.8. The van der Waals surface area contributed by atoms with Crippen molar-refractivity contribution in [2.24, 2.45) is 0 Å². The molecule has 0 aliphatic carbocycles. The fourth-order valence-electron chi connectivity index (χ4n) is 8.10. The second kappa shape index (κ2) is 13.1. The number of aromatic nitrogens is 3. The lowest BCUT2D eigenvalue weighted by Crippen LogP contribution is -2.53. The van der Waals surface area contributed by atoms with E-state index in [-0.39, 0.29) is 22.6 Å². The summed E-state index contributed by atoms with van der Waals surface area (Å²) in [5.41, 5.74) is -10.9. The van der Waals surface area contributed by atoms with Crippen molar-refractivity contribution in [2.75, 3.05) is 19.6 Å². The summed E-state index contributed by atoms with van der Waals surface area (Å²) in [6, 6.07) is -1.75. The predicted molar refractivity (Wildman–Crippen MR) is 196 cm³/mol. The summed E-state index contributed by atoms with van der Waals surface area (Å²) in [5.74, 6) is -14.7. The molecule has 0 bridgehead atoms. The summed E-state index contributed by atoms with van der Waals surface area (Å²) < 4.78 is 67.3. The lowest BCUT2D eigenvalue weighted by Gasteiger charge is -2.43. The molecule has 0 radical (unpaired) electrons. The second-order valence-electron chi connectivity index (χ2n) is 15.9. The van der Waals surface area contributed by atoms with Gasteiger partial charge < -0.3 is 55.9 Å². The van der Waals surface area contributed by atoms with E-state index in [4.69, 9.17) is 32.0 Å². The number of aliphatic hydroxyl groups is 6. The third-order valence-electron chi connectivity index (χ3n) is 12.0. The molecular weight excluding hydrogens is 925 g/mol. The highest BCUT2D eigenvalue weighted by Gasteiger charge is 3.01. The van der Waals surface area contributed by atoms with Crippen LogP contribution in [0.4, 0.5) is 0 Å². The Kier molecular flexibility index (Phi) is 8.93. The third-order valence-corrected chi connectivity index (χ3v) is 17.6. The zero-order valence-electron chi connectivity index (χ0n) is 32.9. The number of aromatic hydroxyl groups is 3. The Bertz CT molecular complexity index is 2780. The molecule has 3 aromatic heterocycles. The van der Waals surface area contributed by atoms with Crippen molar-refractivity contribution in [1.82, 2.24) is 30.0 Å². The molecule has 1 atom stereocenters. The van der Waals surface area contributed by atoms with Gasteiger partial charge in [0.2, 0.25) is 0 Å². The van der Waals surface area contributed by atoms with E-state index in [1.165, 1.54) is 20.8 Å². The van der Waals surface area contributed by atoms with Gasteiger partial charge in [0.15, 0.2) is 0 Å². The molecule has 10 heterocycles. The maximum Gasteiger partial charge on any atom is 0.403 e. The van der Waals surface area contributed by atoms with Crippen molar-refractivity contribution in [3.8, 4) is 17.2 Å². The first kappa shape index (κ1) is 43.8. The van der Waals surface area contributed by atoms with Crippen LogP contribution >= 0.6 is 22.8 Å². The Balaban J connectivity index is 1.08. The van der Waals surface area contributed by atoms with Crippen molar-refractivity contribution in [1.29, 1.82) is 0 Å². The highest BCUT2D eigenvalue weighted by atomic mass is 31.2. The number of carbonyl (C=O) groups is 2. The Morgan fingerprint density at radius 1 is 0.719 bits per heavy atom. The molecule has 7 aliphatic rings. The Morgan fingerprint density at radius 3 is 1.58 bits per heavy atom. The van der Waals surface area contributed by atoms with E-state index in [1.54, 1.807) is 0 Å². The van der Waals surface area contributed by atoms with Crippen LogP contribution in [0.1, 0.15) is 62.9 Å². The molecule has 0 saturated carbocycles. The Labute approximate surface area is 356 Å². The topological polar surface area (TPSA) is 420 Å². The summed E-state index contributed by atoms with van der Waals surface area (Å²) in [6.45, 7) is 0.236. The Morgan fingerprint density at radius 2 is 1.12 bits per heavy atom. The first-order chi connectivity index (χ1) is 29.7. The van der Waals surface area contributed by atoms with E-state index >= 15 is 0 Å². The molecule has 1 unspecified atom stereocenters. The number of aryl methyl sites for hydroxylation is 3. The molecule has 10 rings (SSSR count). The number of pyridine rings is 3. The van der Waals surface area contributed by atoms with E-state index in [9.17, 15) is 74.3 Å². The molecule has 344 valence electrons. The van der Waals surface area contributed by atoms with Crippen LogP contribution in [0.25, 0.3) is 0 Å². The number of carbonyl (C=O) groups excluding carboxylic acids is 1. The summed E-state index contributed by atoms with van der Waals surface area (Å²) in [5, 5.41) is 116. The Hall–Kier alpha value is -4.12. The van der Waals surface area contributed by atoms with Crippen LogP contribution in [0.15, 0.2) is 18.6 Å². The van der Waals surface area contributed by atoms with Crippen LogP contribution in [0, 0.1) is 20.8 Å². The smallest absolute Gasteiger partial charge is 0.403 e. The van der Waals surface area contributed by atoms with Crippen LogP contribution in [0.3, 0.4) is 0 Å². The largest absolute Gasteiger partial charge is 0.506 e. The van der Waals surface area contributed by atoms with Crippen LogP contribution in [0.2, 0.25) is 0 Å². The van der Waals surface area contributed by atoms with E-state index in [0.717, 1.165) is 33.7 Å². The van der Waals surface area contributed by atoms with Gasteiger partial charge in [-0.3, -0.25) is 65.4 Å². The van der Waals surface area contributed by atoms with Crippen molar-refractivity contribution in [3.05, 3.63) is 69.1 Å². The van der Waals surface area contributed by atoms with Gasteiger partial charge in [0.25, 0.3) is 17.4 Å². The van der Waals surface area contributed by atoms with Gasteiger partial charge in [0.1, 0.15) is 23.8 Å². The number of nitrogens with zero attached hydrogens (tertiary/aromatic N) is 6. The monoisotopic (exact) mass is 960 g/mol. The fraction of sp³-hybridized carbons (Fsp3) is 0.485. The number of fused-ring (bicyclic) bond motifs is 3. The molecule has 0 spiro atoms. The summed E-state index contributed by atoms with van der Waals surface area (Å²) in [4.78, 5) is 44.4. The average molecular weight is 961 g/mol. The van der Waals surface area contributed by atoms with Gasteiger partial charge in [-0.2, -0.15) is 0 Å². The van der Waals surface area contributed by atoms with Crippen LogP contribution < -0.4 is 0 Å². The molecule has 7 aliphatic heterocycles. The number of carboxylic acid groups (broad SMARTS) is 1. The van der Waals surface area contributed by atoms with Gasteiger partial charge in [-0.1, -0.05) is 0 Å². The van der Waals surface area contributed by atoms with Crippen LogP contribution in [0.5, 0.6) is 17.2 Å². The van der Waals surface area contributed by atoms with Gasteiger partial charge in [-0.05, 0) is 20.8 Å². The predicted octanol–water partition coefficient (Wildman–Crippen LogP) is -0.743. The minimum Gasteiger partial charge on any atom is -0.506 e. The van der Waals surface area contributed by atoms with Crippen molar-refractivity contribution >= 4 is 34.7 Å². The van der Waals surface area contributed by atoms with E-state index in [1.807, 2.05) is 0 Å². The lowest BCUT2D eigenvalue weighted by molar-refractivity contribution is -0.259. The standard InChI is InChI=1S/C33H35N6O22P3/c1-13-25(43)16(18(7-34-13)28(46,47)31-56-62(31,52)57-31)10-37(12-22(40)41)39-5-4-38(11-17-19(8-35-14(2)26(17)44)29(48,49)32-58-63(32,53)59-32)55-23(42)6-21(39)24-20(9-36-15(3)27(24)45)30(50,51)33-60-64(33,54)61-33/h7-9,21,43-51H,4-6,10-12H2,1-3H3,(H,40,41). The summed E-state index contributed by atoms with van der Waals surface area (Å²) in [7, 11) is -11.8. The molecule has 10 N–H and O–H groups in total. The van der Waals surface area contributed by atoms with Crippen LogP contribution in [-0.4, -0.2) is 129 Å². The maximum absolute atomic E-state index is 14.1. The normalized spacial score (nSPS) is 33.9. The van der Waals surface area contributed by atoms with Crippen LogP contribution in [-0.2, 0) is 85.7 Å². The second-order valence-corrected chi connectivity index (χ2v) is 21.8. The number of rotatable bonds is 14. The minimum absolute atomic E-state index is 0.0524. The average Bonchev–Trinajstić information content (AvgIpc) is 4.00. The zero-order chi connectivity index (χ0) is 46.3. The molecular formula is C33H35N6O22P3. The molecule has 28 nitrogen and oxygen atoms in total. The minimum atomic E-state index is -3.99. The van der Waals surface area contributed by atoms with Crippen molar-refractivity contribution in [2.45, 2.75) is 80.3 Å². The van der Waals surface area contributed by atoms with Crippen molar-refractivity contribution < 1.29 is 106 Å². The number of hydroxylamine groups is 2. The van der Waals surface area contributed by atoms with Gasteiger partial charge in [0, 0.05) is 71.6 Å². The maximum atomic E-state index is 14.1. The number of hydrogen-bond acceptors (Lipinski definition) is 27. The summed E-state index contributed by atoms with van der Waals surface area (Å²) in [6.07, 6.45) is 1.71. The summed E-state index contributed by atoms with van der Waals surface area (Å²) >= 11 is 0. The molecule has 3 aromatic rings. The molecule has 7 fully saturated rings. The molecule has 7 saturated heterocycles. The van der Waals surface area contributed by atoms with Gasteiger partial charge >= 0.3 is 51.3 Å². The third kappa shape index (κ3) is 5.79. The molecule has 31 heteroatoms. The molecule has 0 aromatic carbocycles. The number of aliphatic carboxylic acids is 1. The van der Waals surface area contributed by atoms with E-state index in [2.05, 4.69) is 15.0 Å². The van der Waals surface area contributed by atoms with Crippen molar-refractivity contribution in [3.63, 3.8) is 0 Å². The molecule has 64 heavy (non-hydrogen) atoms. The fourth-order valence-corrected chi connectivity index (χ4v) is 13.3. The zero-order valence-corrected chi connectivity index (χ0v) is 35.6. The van der Waals surface area contributed by atoms with Gasteiger partial charge in [-0.25, -0.2) is 10.0 Å². The first-order valence-corrected chi connectivity index (χ1v) is 23.4. The van der Waals surface area contributed by atoms with E-state index < -0.39 is 159 Å².